The second kappa shape index (κ2) is 6.72. The van der Waals surface area contributed by atoms with Crippen molar-refractivity contribution in [2.45, 2.75) is 62.6 Å². The van der Waals surface area contributed by atoms with E-state index in [4.69, 9.17) is 6.42 Å². The molecule has 1 amide bonds. The molecule has 0 radical (unpaired) electrons. The summed E-state index contributed by atoms with van der Waals surface area (Å²) in [5.41, 5.74) is 0.279. The SMILES string of the molecule is C#CCCC1(CCC(=O)NC2(Cc3cccc(F)c3)CCC2)N=N1. The molecule has 0 atom stereocenters. The predicted octanol–water partition coefficient (Wildman–Crippen LogP) is 3.76. The van der Waals surface area contributed by atoms with Gasteiger partial charge in [0.1, 0.15) is 5.82 Å². The van der Waals surface area contributed by atoms with Crippen LogP contribution in [-0.4, -0.2) is 17.1 Å². The summed E-state index contributed by atoms with van der Waals surface area (Å²) >= 11 is 0. The lowest BCUT2D eigenvalue weighted by Gasteiger charge is -2.43. The lowest BCUT2D eigenvalue weighted by molar-refractivity contribution is -0.124. The van der Waals surface area contributed by atoms with Crippen LogP contribution >= 0.6 is 0 Å². The maximum Gasteiger partial charge on any atom is 0.220 e. The van der Waals surface area contributed by atoms with E-state index in [1.165, 1.54) is 6.07 Å². The summed E-state index contributed by atoms with van der Waals surface area (Å²) in [5, 5.41) is 11.3. The topological polar surface area (TPSA) is 53.8 Å². The van der Waals surface area contributed by atoms with E-state index in [2.05, 4.69) is 21.5 Å². The first-order valence-corrected chi connectivity index (χ1v) is 8.48. The van der Waals surface area contributed by atoms with Crippen molar-refractivity contribution in [3.05, 3.63) is 35.6 Å². The molecule has 2 aliphatic rings. The van der Waals surface area contributed by atoms with Gasteiger partial charge in [0.25, 0.3) is 0 Å². The van der Waals surface area contributed by atoms with Gasteiger partial charge in [0.2, 0.25) is 5.91 Å². The second-order valence-electron chi connectivity index (χ2n) is 6.88. The maximum atomic E-state index is 13.4. The molecule has 1 N–H and O–H groups in total. The van der Waals surface area contributed by atoms with Crippen LogP contribution in [0.4, 0.5) is 4.39 Å². The van der Waals surface area contributed by atoms with Crippen molar-refractivity contribution in [2.24, 2.45) is 10.2 Å². The van der Waals surface area contributed by atoms with Gasteiger partial charge in [0.15, 0.2) is 5.66 Å². The number of rotatable bonds is 8. The van der Waals surface area contributed by atoms with Gasteiger partial charge >= 0.3 is 0 Å². The Morgan fingerprint density at radius 3 is 2.71 bits per heavy atom. The van der Waals surface area contributed by atoms with Crippen LogP contribution < -0.4 is 5.32 Å². The second-order valence-corrected chi connectivity index (χ2v) is 6.88. The van der Waals surface area contributed by atoms with E-state index in [0.717, 1.165) is 24.8 Å². The molecule has 1 fully saturated rings. The highest BCUT2D eigenvalue weighted by atomic mass is 19.1. The Labute approximate surface area is 141 Å². The van der Waals surface area contributed by atoms with Crippen LogP contribution in [0.25, 0.3) is 0 Å². The van der Waals surface area contributed by atoms with E-state index in [1.54, 1.807) is 12.1 Å². The average Bonchev–Trinajstić information content (AvgIpc) is 3.29. The van der Waals surface area contributed by atoms with Crippen molar-refractivity contribution < 1.29 is 9.18 Å². The molecule has 1 aromatic carbocycles. The van der Waals surface area contributed by atoms with Gasteiger partial charge in [0, 0.05) is 31.2 Å². The highest BCUT2D eigenvalue weighted by Gasteiger charge is 2.41. The fourth-order valence-electron chi connectivity index (χ4n) is 3.33. The fraction of sp³-hybridized carbons (Fsp3) is 0.526. The monoisotopic (exact) mass is 327 g/mol. The van der Waals surface area contributed by atoms with Gasteiger partial charge < -0.3 is 5.32 Å². The van der Waals surface area contributed by atoms with Gasteiger partial charge in [-0.25, -0.2) is 4.39 Å². The zero-order valence-corrected chi connectivity index (χ0v) is 13.7. The first-order chi connectivity index (χ1) is 11.5. The molecular formula is C19H22FN3O. The minimum Gasteiger partial charge on any atom is -0.350 e. The predicted molar refractivity (Wildman–Crippen MR) is 89.7 cm³/mol. The third kappa shape index (κ3) is 4.00. The highest BCUT2D eigenvalue weighted by Crippen LogP contribution is 2.38. The first-order valence-electron chi connectivity index (χ1n) is 8.48. The number of nitrogens with one attached hydrogen (secondary N) is 1. The van der Waals surface area contributed by atoms with Crippen molar-refractivity contribution in [3.8, 4) is 12.3 Å². The Hall–Kier alpha value is -2.22. The Kier molecular flexibility index (Phi) is 4.66. The third-order valence-electron chi connectivity index (χ3n) is 4.95. The first kappa shape index (κ1) is 16.6. The molecular weight excluding hydrogens is 305 g/mol. The molecule has 1 heterocycles. The molecule has 3 rings (SSSR count). The molecule has 1 aromatic rings. The number of terminal acetylenes is 1. The normalized spacial score (nSPS) is 19.2. The quantitative estimate of drug-likeness (QED) is 0.726. The largest absolute Gasteiger partial charge is 0.350 e. The van der Waals surface area contributed by atoms with Crippen LogP contribution in [0.3, 0.4) is 0 Å². The molecule has 0 saturated heterocycles. The summed E-state index contributed by atoms with van der Waals surface area (Å²) in [6.45, 7) is 0. The molecule has 24 heavy (non-hydrogen) atoms. The zero-order valence-electron chi connectivity index (χ0n) is 13.7. The molecule has 0 spiro atoms. The van der Waals surface area contributed by atoms with E-state index in [-0.39, 0.29) is 17.3 Å². The summed E-state index contributed by atoms with van der Waals surface area (Å²) in [6.07, 6.45) is 11.2. The lowest BCUT2D eigenvalue weighted by atomic mass is 9.72. The third-order valence-corrected chi connectivity index (χ3v) is 4.95. The van der Waals surface area contributed by atoms with Crippen molar-refractivity contribution >= 4 is 5.91 Å². The van der Waals surface area contributed by atoms with Crippen LogP contribution in [0.15, 0.2) is 34.5 Å². The molecule has 1 aliphatic carbocycles. The summed E-state index contributed by atoms with van der Waals surface area (Å²) in [5.74, 6) is 2.37. The van der Waals surface area contributed by atoms with Crippen molar-refractivity contribution in [3.63, 3.8) is 0 Å². The van der Waals surface area contributed by atoms with Gasteiger partial charge in [-0.05, 0) is 43.4 Å². The number of nitrogens with zero attached hydrogens (tertiary/aromatic N) is 2. The number of carbonyl (C=O) groups excluding carboxylic acids is 1. The zero-order chi connectivity index (χ0) is 17.0. The van der Waals surface area contributed by atoms with E-state index in [0.29, 0.717) is 32.1 Å². The molecule has 0 aromatic heterocycles. The standard InChI is InChI=1S/C19H22FN3O/c1-2-3-11-19(22-23-19)12-8-17(24)21-18(9-5-10-18)14-15-6-4-7-16(20)13-15/h1,4,6-7,13H,3,5,8-12,14H2,(H,21,24). The molecule has 0 bridgehead atoms. The van der Waals surface area contributed by atoms with Crippen molar-refractivity contribution in [2.75, 3.05) is 0 Å². The number of carbonyl (C=O) groups is 1. The van der Waals surface area contributed by atoms with Gasteiger partial charge in [-0.2, -0.15) is 10.2 Å². The highest BCUT2D eigenvalue weighted by molar-refractivity contribution is 5.77. The van der Waals surface area contributed by atoms with Crippen molar-refractivity contribution in [1.29, 1.82) is 0 Å². The van der Waals surface area contributed by atoms with E-state index in [9.17, 15) is 9.18 Å². The van der Waals surface area contributed by atoms with Gasteiger partial charge in [-0.3, -0.25) is 4.79 Å². The van der Waals surface area contributed by atoms with Crippen LogP contribution in [0, 0.1) is 18.2 Å². The molecule has 1 aliphatic heterocycles. The Bertz CT molecular complexity index is 682. The Balaban J connectivity index is 1.51. The van der Waals surface area contributed by atoms with E-state index < -0.39 is 5.66 Å². The van der Waals surface area contributed by atoms with Crippen LogP contribution in [-0.2, 0) is 11.2 Å². The van der Waals surface area contributed by atoms with Crippen molar-refractivity contribution in [1.82, 2.24) is 5.32 Å². The van der Waals surface area contributed by atoms with E-state index in [1.807, 2.05) is 6.07 Å². The van der Waals surface area contributed by atoms with Crippen LogP contribution in [0.2, 0.25) is 0 Å². The number of hydrogen-bond acceptors (Lipinski definition) is 3. The van der Waals surface area contributed by atoms with Gasteiger partial charge in [-0.1, -0.05) is 12.1 Å². The minimum absolute atomic E-state index is 0.0171. The molecule has 0 unspecified atom stereocenters. The number of halogens is 1. The Morgan fingerprint density at radius 1 is 1.33 bits per heavy atom. The van der Waals surface area contributed by atoms with E-state index >= 15 is 0 Å². The van der Waals surface area contributed by atoms with Crippen LogP contribution in [0.1, 0.15) is 50.5 Å². The maximum absolute atomic E-state index is 13.4. The summed E-state index contributed by atoms with van der Waals surface area (Å²) in [7, 11) is 0. The molecule has 5 heteroatoms. The Morgan fingerprint density at radius 2 is 2.12 bits per heavy atom. The van der Waals surface area contributed by atoms with Crippen LogP contribution in [0.5, 0.6) is 0 Å². The summed E-state index contributed by atoms with van der Waals surface area (Å²) < 4.78 is 13.4. The summed E-state index contributed by atoms with van der Waals surface area (Å²) in [6, 6.07) is 6.60. The van der Waals surface area contributed by atoms with Gasteiger partial charge in [0.05, 0.1) is 0 Å². The van der Waals surface area contributed by atoms with Gasteiger partial charge in [-0.15, -0.1) is 12.3 Å². The summed E-state index contributed by atoms with van der Waals surface area (Å²) in [4.78, 5) is 12.3. The number of benzene rings is 1. The fourth-order valence-corrected chi connectivity index (χ4v) is 3.33. The lowest BCUT2D eigenvalue weighted by Crippen LogP contribution is -2.55. The smallest absolute Gasteiger partial charge is 0.220 e. The number of amides is 1. The molecule has 4 nitrogen and oxygen atoms in total. The molecule has 1 saturated carbocycles. The number of hydrogen-bond donors (Lipinski definition) is 1. The average molecular weight is 327 g/mol. The minimum atomic E-state index is -0.418. The molecule has 126 valence electrons.